The fraction of sp³-hybridized carbons (Fsp3) is 0.200. The van der Waals surface area contributed by atoms with Crippen molar-refractivity contribution in [3.8, 4) is 11.5 Å². The maximum atomic E-state index is 12.3. The Hall–Kier alpha value is -3.68. The zero-order chi connectivity index (χ0) is 19.6. The first kappa shape index (κ1) is 19.1. The van der Waals surface area contributed by atoms with Crippen LogP contribution in [0, 0.1) is 0 Å². The highest BCUT2D eigenvalue weighted by Crippen LogP contribution is 2.16. The van der Waals surface area contributed by atoms with Gasteiger partial charge in [0.25, 0.3) is 5.91 Å². The van der Waals surface area contributed by atoms with Gasteiger partial charge in [0.05, 0.1) is 13.7 Å². The summed E-state index contributed by atoms with van der Waals surface area (Å²) in [6, 6.07) is 12.6. The van der Waals surface area contributed by atoms with E-state index in [1.54, 1.807) is 31.8 Å². The lowest BCUT2D eigenvalue weighted by atomic mass is 10.3. The number of aromatic nitrogens is 3. The highest BCUT2D eigenvalue weighted by Gasteiger charge is 2.08. The number of ether oxygens (including phenoxy) is 2. The average Bonchev–Trinajstić information content (AvgIpc) is 2.76. The summed E-state index contributed by atoms with van der Waals surface area (Å²) >= 11 is 0. The molecule has 2 N–H and O–H groups in total. The molecular weight excluding hydrogens is 358 g/mol. The predicted molar refractivity (Wildman–Crippen MR) is 104 cm³/mol. The molecule has 0 saturated carbocycles. The quantitative estimate of drug-likeness (QED) is 0.551. The number of methoxy groups -OCH3 is 1. The molecule has 1 aromatic carbocycles. The van der Waals surface area contributed by atoms with Crippen LogP contribution in [0.15, 0.2) is 61.1 Å². The smallest absolute Gasteiger partial charge is 0.270 e. The Morgan fingerprint density at radius 1 is 1.07 bits per heavy atom. The lowest BCUT2D eigenvalue weighted by Gasteiger charge is -2.09. The normalized spacial score (nSPS) is 10.2. The van der Waals surface area contributed by atoms with Crippen LogP contribution in [-0.2, 0) is 6.54 Å². The molecule has 28 heavy (non-hydrogen) atoms. The first-order valence-corrected chi connectivity index (χ1v) is 8.75. The number of carbonyl (C=O) groups excluding carboxylic acids is 1. The van der Waals surface area contributed by atoms with Gasteiger partial charge in [-0.15, -0.1) is 0 Å². The second-order valence-electron chi connectivity index (χ2n) is 5.76. The molecule has 0 spiro atoms. The second-order valence-corrected chi connectivity index (χ2v) is 5.76. The van der Waals surface area contributed by atoms with Crippen LogP contribution < -0.4 is 20.1 Å². The molecule has 8 nitrogen and oxygen atoms in total. The lowest BCUT2D eigenvalue weighted by Crippen LogP contribution is -2.24. The molecule has 0 aliphatic carbocycles. The minimum Gasteiger partial charge on any atom is -0.497 e. The molecule has 0 atom stereocenters. The van der Waals surface area contributed by atoms with E-state index in [1.807, 2.05) is 36.4 Å². The summed E-state index contributed by atoms with van der Waals surface area (Å²) in [6.45, 7) is 1.30. The van der Waals surface area contributed by atoms with Gasteiger partial charge in [0.1, 0.15) is 23.8 Å². The lowest BCUT2D eigenvalue weighted by molar-refractivity contribution is 0.0946. The van der Waals surface area contributed by atoms with Gasteiger partial charge < -0.3 is 20.1 Å². The molecule has 0 saturated heterocycles. The molecule has 2 aromatic heterocycles. The minimum absolute atomic E-state index is 0.274. The van der Waals surface area contributed by atoms with Crippen LogP contribution in [-0.4, -0.2) is 41.1 Å². The van der Waals surface area contributed by atoms with Crippen LogP contribution in [0.25, 0.3) is 0 Å². The molecule has 3 rings (SSSR count). The van der Waals surface area contributed by atoms with E-state index in [-0.39, 0.29) is 11.6 Å². The zero-order valence-corrected chi connectivity index (χ0v) is 15.5. The zero-order valence-electron chi connectivity index (χ0n) is 15.5. The van der Waals surface area contributed by atoms with E-state index in [9.17, 15) is 4.79 Å². The van der Waals surface area contributed by atoms with Crippen LogP contribution in [0.1, 0.15) is 16.1 Å². The summed E-state index contributed by atoms with van der Waals surface area (Å²) in [5.74, 6) is 1.61. The predicted octanol–water partition coefficient (Wildman–Crippen LogP) is 2.30. The minimum atomic E-state index is -0.274. The Morgan fingerprint density at radius 3 is 2.64 bits per heavy atom. The average molecular weight is 379 g/mol. The number of rotatable bonds is 9. The Labute approximate surface area is 163 Å². The molecule has 144 valence electrons. The van der Waals surface area contributed by atoms with E-state index in [0.29, 0.717) is 25.6 Å². The first-order chi connectivity index (χ1) is 13.7. The number of nitrogens with zero attached hydrogens (tertiary/aromatic N) is 3. The molecule has 0 aliphatic heterocycles. The molecule has 3 aromatic rings. The molecule has 0 bridgehead atoms. The van der Waals surface area contributed by atoms with Crippen LogP contribution in [0.3, 0.4) is 0 Å². The van der Waals surface area contributed by atoms with E-state index in [1.165, 1.54) is 0 Å². The molecule has 0 fully saturated rings. The second kappa shape index (κ2) is 9.86. The molecule has 2 heterocycles. The summed E-state index contributed by atoms with van der Waals surface area (Å²) in [4.78, 5) is 24.6. The van der Waals surface area contributed by atoms with E-state index in [0.717, 1.165) is 17.1 Å². The van der Waals surface area contributed by atoms with Gasteiger partial charge in [0.15, 0.2) is 0 Å². The van der Waals surface area contributed by atoms with Crippen LogP contribution in [0.2, 0.25) is 0 Å². The van der Waals surface area contributed by atoms with Crippen molar-refractivity contribution in [2.45, 2.75) is 6.54 Å². The molecule has 8 heteroatoms. The van der Waals surface area contributed by atoms with Crippen molar-refractivity contribution in [1.82, 2.24) is 20.3 Å². The van der Waals surface area contributed by atoms with E-state index >= 15 is 0 Å². The summed E-state index contributed by atoms with van der Waals surface area (Å²) in [5.41, 5.74) is 1.20. The Bertz CT molecular complexity index is 888. The Kier molecular flexibility index (Phi) is 6.73. The van der Waals surface area contributed by atoms with Crippen LogP contribution in [0.5, 0.6) is 11.5 Å². The summed E-state index contributed by atoms with van der Waals surface area (Å²) in [5, 5.41) is 5.85. The fourth-order valence-electron chi connectivity index (χ4n) is 2.35. The van der Waals surface area contributed by atoms with Gasteiger partial charge in [0.2, 0.25) is 5.95 Å². The van der Waals surface area contributed by atoms with Crippen molar-refractivity contribution in [1.29, 1.82) is 0 Å². The number of hydrogen-bond acceptors (Lipinski definition) is 7. The summed E-state index contributed by atoms with van der Waals surface area (Å²) in [6.07, 6.45) is 4.93. The van der Waals surface area contributed by atoms with Crippen molar-refractivity contribution in [3.63, 3.8) is 0 Å². The molecule has 1 amide bonds. The Balaban J connectivity index is 1.45. The third kappa shape index (κ3) is 5.66. The topological polar surface area (TPSA) is 98.3 Å². The van der Waals surface area contributed by atoms with Crippen molar-refractivity contribution in [2.75, 3.05) is 25.6 Å². The monoisotopic (exact) mass is 379 g/mol. The standard InChI is InChI=1S/C20H21N5O3/c1-27-16-4-6-17(7-5-16)28-12-11-23-20-22-10-8-18(25-20)19(26)24-14-15-3-2-9-21-13-15/h2-10,13H,11-12,14H2,1H3,(H,24,26)(H,22,23,25). The summed E-state index contributed by atoms with van der Waals surface area (Å²) in [7, 11) is 1.62. The number of amides is 1. The van der Waals surface area contributed by atoms with E-state index in [4.69, 9.17) is 9.47 Å². The molecule has 0 radical (unpaired) electrons. The molecule has 0 unspecified atom stereocenters. The van der Waals surface area contributed by atoms with Crippen molar-refractivity contribution in [2.24, 2.45) is 0 Å². The van der Waals surface area contributed by atoms with Crippen LogP contribution >= 0.6 is 0 Å². The van der Waals surface area contributed by atoms with Crippen molar-refractivity contribution < 1.29 is 14.3 Å². The van der Waals surface area contributed by atoms with E-state index in [2.05, 4.69) is 25.6 Å². The van der Waals surface area contributed by atoms with Crippen molar-refractivity contribution >= 4 is 11.9 Å². The molecular formula is C20H21N5O3. The fourth-order valence-corrected chi connectivity index (χ4v) is 2.35. The highest BCUT2D eigenvalue weighted by molar-refractivity contribution is 5.92. The third-order valence-corrected chi connectivity index (χ3v) is 3.78. The van der Waals surface area contributed by atoms with Gasteiger partial charge in [-0.1, -0.05) is 6.07 Å². The highest BCUT2D eigenvalue weighted by atomic mass is 16.5. The maximum Gasteiger partial charge on any atom is 0.270 e. The van der Waals surface area contributed by atoms with Gasteiger partial charge >= 0.3 is 0 Å². The van der Waals surface area contributed by atoms with Crippen LogP contribution in [0.4, 0.5) is 5.95 Å². The number of carbonyl (C=O) groups is 1. The largest absolute Gasteiger partial charge is 0.497 e. The van der Waals surface area contributed by atoms with E-state index < -0.39 is 0 Å². The Morgan fingerprint density at radius 2 is 1.89 bits per heavy atom. The van der Waals surface area contributed by atoms with Gasteiger partial charge in [-0.2, -0.15) is 0 Å². The molecule has 0 aliphatic rings. The third-order valence-electron chi connectivity index (χ3n) is 3.78. The van der Waals surface area contributed by atoms with Crippen molar-refractivity contribution in [3.05, 3.63) is 72.3 Å². The SMILES string of the molecule is COc1ccc(OCCNc2nccc(C(=O)NCc3cccnc3)n2)cc1. The number of nitrogens with one attached hydrogen (secondary N) is 2. The van der Waals surface area contributed by atoms with Gasteiger partial charge in [-0.05, 0) is 42.0 Å². The number of hydrogen-bond donors (Lipinski definition) is 2. The summed E-state index contributed by atoms with van der Waals surface area (Å²) < 4.78 is 10.7. The van der Waals surface area contributed by atoms with Gasteiger partial charge in [-0.3, -0.25) is 9.78 Å². The number of anilines is 1. The first-order valence-electron chi connectivity index (χ1n) is 8.75. The van der Waals surface area contributed by atoms with Gasteiger partial charge in [-0.25, -0.2) is 9.97 Å². The van der Waals surface area contributed by atoms with Gasteiger partial charge in [0, 0.05) is 25.1 Å². The maximum absolute atomic E-state index is 12.3. The number of pyridine rings is 1. The number of benzene rings is 1.